The maximum Gasteiger partial charge on any atom is 0.171 e. The monoisotopic (exact) mass is 381 g/mol. The molecule has 0 aliphatic carbocycles. The van der Waals surface area contributed by atoms with E-state index in [-0.39, 0.29) is 11.6 Å². The average molecular weight is 382 g/mol. The topological polar surface area (TPSA) is 37.4 Å². The van der Waals surface area contributed by atoms with Crippen molar-refractivity contribution in [3.63, 3.8) is 0 Å². The number of nitrogens with zero attached hydrogens (tertiary/aromatic N) is 1. The first-order chi connectivity index (χ1) is 9.51. The largest absolute Gasteiger partial charge is 0.351 e. The number of thioether (sulfide) groups is 1. The summed E-state index contributed by atoms with van der Waals surface area (Å²) in [6.45, 7) is 2.19. The third-order valence-electron chi connectivity index (χ3n) is 3.40. The first-order valence-corrected chi connectivity index (χ1v) is 10.4. The summed E-state index contributed by atoms with van der Waals surface area (Å²) in [5, 5.41) is -0.135. The van der Waals surface area contributed by atoms with Crippen LogP contribution in [0.25, 0.3) is 0 Å². The molecule has 7 heteroatoms. The Bertz CT molecular complexity index is 580. The number of hydrogen-bond donors (Lipinski definition) is 0. The van der Waals surface area contributed by atoms with E-state index in [0.29, 0.717) is 23.3 Å². The molecule has 1 fully saturated rings. The fourth-order valence-corrected chi connectivity index (χ4v) is 5.74. The molecule has 1 aliphatic rings. The van der Waals surface area contributed by atoms with Crippen LogP contribution in [-0.4, -0.2) is 37.6 Å². The molecule has 1 aromatic carbocycles. The number of sulfone groups is 1. The molecule has 1 atom stereocenters. The molecule has 20 heavy (non-hydrogen) atoms. The van der Waals surface area contributed by atoms with Gasteiger partial charge in [-0.15, -0.1) is 0 Å². The van der Waals surface area contributed by atoms with Gasteiger partial charge in [0.2, 0.25) is 0 Å². The van der Waals surface area contributed by atoms with E-state index in [1.54, 1.807) is 29.7 Å². The van der Waals surface area contributed by atoms with Gasteiger partial charge in [0.05, 0.1) is 5.69 Å². The van der Waals surface area contributed by atoms with Crippen LogP contribution in [0.5, 0.6) is 0 Å². The molecule has 1 aromatic rings. The summed E-state index contributed by atoms with van der Waals surface area (Å²) >= 11 is 4.96. The fraction of sp³-hybridized carbons (Fsp3) is 0.538. The van der Waals surface area contributed by atoms with Gasteiger partial charge in [-0.1, -0.05) is 35.0 Å². The Morgan fingerprint density at radius 2 is 2.25 bits per heavy atom. The quantitative estimate of drug-likeness (QED) is 0.751. The molecule has 1 heterocycles. The molecule has 0 radical (unpaired) electrons. The zero-order valence-corrected chi connectivity index (χ0v) is 14.4. The van der Waals surface area contributed by atoms with E-state index >= 15 is 0 Å². The van der Waals surface area contributed by atoms with Gasteiger partial charge in [-0.05, 0) is 11.6 Å². The number of alkyl halides is 1. The van der Waals surface area contributed by atoms with Crippen molar-refractivity contribution >= 4 is 43.2 Å². The minimum absolute atomic E-state index is 0.0762. The van der Waals surface area contributed by atoms with Crippen molar-refractivity contribution in [3.05, 3.63) is 29.6 Å². The van der Waals surface area contributed by atoms with E-state index in [1.165, 1.54) is 6.07 Å². The second-order valence-corrected chi connectivity index (χ2v) is 8.71. The normalized spacial score (nSPS) is 20.1. The lowest BCUT2D eigenvalue weighted by Gasteiger charge is -2.37. The van der Waals surface area contributed by atoms with Crippen molar-refractivity contribution < 1.29 is 12.8 Å². The Morgan fingerprint density at radius 3 is 2.90 bits per heavy atom. The minimum Gasteiger partial charge on any atom is -0.351 e. The highest BCUT2D eigenvalue weighted by Crippen LogP contribution is 2.33. The van der Waals surface area contributed by atoms with Crippen LogP contribution in [0.4, 0.5) is 10.1 Å². The van der Waals surface area contributed by atoms with Crippen LogP contribution in [0, 0.1) is 5.82 Å². The highest BCUT2D eigenvalue weighted by atomic mass is 79.9. The average Bonchev–Trinajstić information content (AvgIpc) is 2.47. The van der Waals surface area contributed by atoms with E-state index in [0.717, 1.165) is 11.3 Å². The second kappa shape index (κ2) is 6.66. The van der Waals surface area contributed by atoms with Crippen LogP contribution < -0.4 is 4.90 Å². The number of rotatable bonds is 4. The van der Waals surface area contributed by atoms with Crippen molar-refractivity contribution in [2.24, 2.45) is 0 Å². The van der Waals surface area contributed by atoms with Crippen LogP contribution in [0.15, 0.2) is 18.2 Å². The van der Waals surface area contributed by atoms with Crippen molar-refractivity contribution in [2.45, 2.75) is 17.6 Å². The van der Waals surface area contributed by atoms with E-state index in [9.17, 15) is 12.8 Å². The summed E-state index contributed by atoms with van der Waals surface area (Å²) in [5.74, 6) is 1.02. The Morgan fingerprint density at radius 1 is 1.50 bits per heavy atom. The highest BCUT2D eigenvalue weighted by molar-refractivity contribution is 9.08. The van der Waals surface area contributed by atoms with E-state index < -0.39 is 15.2 Å². The van der Waals surface area contributed by atoms with Gasteiger partial charge >= 0.3 is 0 Å². The lowest BCUT2D eigenvalue weighted by atomic mass is 10.1. The predicted octanol–water partition coefficient (Wildman–Crippen LogP) is 3.03. The first-order valence-electron chi connectivity index (χ1n) is 6.40. The smallest absolute Gasteiger partial charge is 0.171 e. The predicted molar refractivity (Wildman–Crippen MR) is 87.0 cm³/mol. The molecule has 0 saturated carbocycles. The Labute approximate surface area is 132 Å². The van der Waals surface area contributed by atoms with Gasteiger partial charge in [-0.25, -0.2) is 12.8 Å². The van der Waals surface area contributed by atoms with E-state index in [1.807, 2.05) is 6.07 Å². The number of halogens is 2. The van der Waals surface area contributed by atoms with Crippen LogP contribution in [0.2, 0.25) is 0 Å². The van der Waals surface area contributed by atoms with E-state index in [4.69, 9.17) is 0 Å². The third-order valence-corrected chi connectivity index (χ3v) is 7.30. The Hall–Kier alpha value is -0.270. The lowest BCUT2D eigenvalue weighted by molar-refractivity contribution is 0.574. The SMILES string of the molecule is CCS(=O)(=O)C1CSCCN1c1c(F)cccc1CBr. The maximum atomic E-state index is 14.2. The molecule has 0 N–H and O–H groups in total. The Balaban J connectivity index is 2.48. The van der Waals surface area contributed by atoms with Crippen LogP contribution >= 0.6 is 27.7 Å². The molecular weight excluding hydrogens is 365 g/mol. The van der Waals surface area contributed by atoms with Gasteiger partial charge in [-0.2, -0.15) is 11.8 Å². The summed E-state index contributed by atoms with van der Waals surface area (Å²) < 4.78 is 38.7. The fourth-order valence-electron chi connectivity index (χ4n) is 2.32. The van der Waals surface area contributed by atoms with Gasteiger partial charge in [-0.3, -0.25) is 0 Å². The van der Waals surface area contributed by atoms with Crippen molar-refractivity contribution in [1.82, 2.24) is 0 Å². The first kappa shape index (κ1) is 16.1. The van der Waals surface area contributed by atoms with Crippen LogP contribution in [0.1, 0.15) is 12.5 Å². The zero-order chi connectivity index (χ0) is 14.8. The van der Waals surface area contributed by atoms with Gasteiger partial charge < -0.3 is 4.90 Å². The molecule has 1 aliphatic heterocycles. The molecular formula is C13H17BrFNO2S2. The van der Waals surface area contributed by atoms with Crippen molar-refractivity contribution in [2.75, 3.05) is 28.7 Å². The third kappa shape index (κ3) is 3.14. The van der Waals surface area contributed by atoms with Gasteiger partial charge in [0.1, 0.15) is 11.2 Å². The molecule has 1 saturated heterocycles. The van der Waals surface area contributed by atoms with Gasteiger partial charge in [0.25, 0.3) is 0 Å². The highest BCUT2D eigenvalue weighted by Gasteiger charge is 2.35. The summed E-state index contributed by atoms with van der Waals surface area (Å²) in [5.41, 5.74) is 1.21. The molecule has 0 bridgehead atoms. The van der Waals surface area contributed by atoms with Crippen LogP contribution in [0.3, 0.4) is 0 Å². The summed E-state index contributed by atoms with van der Waals surface area (Å²) in [6.07, 6.45) is 0. The van der Waals surface area contributed by atoms with Gasteiger partial charge in [0, 0.05) is 29.1 Å². The summed E-state index contributed by atoms with van der Waals surface area (Å²) in [7, 11) is -3.24. The number of benzene rings is 1. The molecule has 3 nitrogen and oxygen atoms in total. The van der Waals surface area contributed by atoms with Crippen molar-refractivity contribution in [3.8, 4) is 0 Å². The minimum atomic E-state index is -3.24. The zero-order valence-electron chi connectivity index (χ0n) is 11.2. The molecule has 2 rings (SSSR count). The maximum absolute atomic E-state index is 14.2. The van der Waals surface area contributed by atoms with Crippen LogP contribution in [-0.2, 0) is 15.2 Å². The molecule has 1 unspecified atom stereocenters. The molecule has 112 valence electrons. The molecule has 0 spiro atoms. The van der Waals surface area contributed by atoms with E-state index in [2.05, 4.69) is 15.9 Å². The van der Waals surface area contributed by atoms with Gasteiger partial charge in [0.15, 0.2) is 9.84 Å². The summed E-state index contributed by atoms with van der Waals surface area (Å²) in [4.78, 5) is 1.72. The number of para-hydroxylation sites is 1. The standard InChI is InChI=1S/C13H17BrFNO2S2/c1-2-20(17,18)12-9-19-7-6-16(12)13-10(8-14)4-3-5-11(13)15/h3-5,12H,2,6-9H2,1H3. The number of anilines is 1. The second-order valence-electron chi connectivity index (χ2n) is 4.56. The molecule has 0 amide bonds. The molecule has 0 aromatic heterocycles. The lowest BCUT2D eigenvalue weighted by Crippen LogP contribution is -2.48. The van der Waals surface area contributed by atoms with Crippen molar-refractivity contribution in [1.29, 1.82) is 0 Å². The Kier molecular flexibility index (Phi) is 5.36. The number of hydrogen-bond acceptors (Lipinski definition) is 4. The summed E-state index contributed by atoms with van der Waals surface area (Å²) in [6, 6.07) is 4.86.